The maximum Gasteiger partial charge on any atom is 0.416 e. The summed E-state index contributed by atoms with van der Waals surface area (Å²) in [5, 5.41) is 5.63. The Balaban J connectivity index is 1.56. The zero-order chi connectivity index (χ0) is 29.5. The monoisotopic (exact) mass is 562 g/mol. The average Bonchev–Trinajstić information content (AvgIpc) is 2.87. The molecule has 3 aromatic rings. The molecule has 2 N–H and O–H groups in total. The molecule has 0 bridgehead atoms. The molecule has 1 amide bonds. The fourth-order valence-corrected chi connectivity index (χ4v) is 4.38. The van der Waals surface area contributed by atoms with Gasteiger partial charge in [0.15, 0.2) is 5.78 Å². The molecule has 0 aliphatic carbocycles. The smallest absolute Gasteiger partial charge is 0.416 e. The van der Waals surface area contributed by atoms with Crippen LogP contribution in [-0.4, -0.2) is 24.3 Å². The maximum absolute atomic E-state index is 13.1. The number of benzene rings is 3. The number of fused-ring (bicyclic) bond motifs is 1. The molecule has 1 heterocycles. The summed E-state index contributed by atoms with van der Waals surface area (Å²) in [6.45, 7) is 4.00. The van der Waals surface area contributed by atoms with E-state index in [0.29, 0.717) is 23.6 Å². The fraction of sp³-hybridized carbons (Fsp3) is 0.241. The van der Waals surface area contributed by atoms with Gasteiger partial charge in [-0.1, -0.05) is 6.07 Å². The summed E-state index contributed by atoms with van der Waals surface area (Å²) in [6.07, 6.45) is -8.00. The van der Waals surface area contributed by atoms with E-state index in [2.05, 4.69) is 10.6 Å². The number of amides is 1. The maximum atomic E-state index is 13.1. The summed E-state index contributed by atoms with van der Waals surface area (Å²) in [6, 6.07) is 11.7. The molecule has 0 fully saturated rings. The summed E-state index contributed by atoms with van der Waals surface area (Å²) in [5.74, 6) is -0.904. The standard InChI is InChI=1S/C29H24F6N2O3/c1-27(2)15-17-6-9-22(40-3)13-23(17)24(37-27)14-25(38)16-4-7-21(8-5-16)36-26(39)18-10-19(28(30,31)32)12-20(11-18)29(33,34)35/h4-14,37H,15H2,1-3H3,(H,36,39)/b24-14-. The molecular weight excluding hydrogens is 538 g/mol. The van der Waals surface area contributed by atoms with Crippen molar-refractivity contribution in [3.8, 4) is 5.75 Å². The number of carbonyl (C=O) groups is 2. The van der Waals surface area contributed by atoms with Crippen molar-refractivity contribution in [3.05, 3.63) is 100 Å². The molecule has 1 aliphatic heterocycles. The van der Waals surface area contributed by atoms with Crippen molar-refractivity contribution < 1.29 is 40.7 Å². The molecule has 0 spiro atoms. The first-order chi connectivity index (χ1) is 18.6. The second-order valence-corrected chi connectivity index (χ2v) is 9.96. The zero-order valence-corrected chi connectivity index (χ0v) is 21.6. The first kappa shape index (κ1) is 28.7. The van der Waals surface area contributed by atoms with E-state index in [1.54, 1.807) is 7.11 Å². The number of ketones is 1. The van der Waals surface area contributed by atoms with E-state index in [-0.39, 0.29) is 28.6 Å². The van der Waals surface area contributed by atoms with Crippen LogP contribution in [0.3, 0.4) is 0 Å². The number of alkyl halides is 6. The molecule has 5 nitrogen and oxygen atoms in total. The van der Waals surface area contributed by atoms with Crippen LogP contribution >= 0.6 is 0 Å². The Morgan fingerprint density at radius 1 is 0.875 bits per heavy atom. The third-order valence-corrected chi connectivity index (χ3v) is 6.27. The van der Waals surface area contributed by atoms with E-state index >= 15 is 0 Å². The lowest BCUT2D eigenvalue weighted by Crippen LogP contribution is -2.43. The van der Waals surface area contributed by atoms with Gasteiger partial charge >= 0.3 is 12.4 Å². The molecule has 0 unspecified atom stereocenters. The number of ether oxygens (including phenoxy) is 1. The molecule has 11 heteroatoms. The van der Waals surface area contributed by atoms with Crippen LogP contribution in [0.2, 0.25) is 0 Å². The van der Waals surface area contributed by atoms with Gasteiger partial charge in [-0.2, -0.15) is 26.3 Å². The van der Waals surface area contributed by atoms with Crippen molar-refractivity contribution >= 4 is 23.1 Å². The SMILES string of the molecule is COc1ccc2c(c1)/C(=C/C(=O)c1ccc(NC(=O)c3cc(C(F)(F)F)cc(C(F)(F)F)c3)cc1)NC(C)(C)C2. The highest BCUT2D eigenvalue weighted by Crippen LogP contribution is 2.37. The fourth-order valence-electron chi connectivity index (χ4n) is 4.38. The molecule has 0 saturated carbocycles. The highest BCUT2D eigenvalue weighted by atomic mass is 19.4. The second-order valence-electron chi connectivity index (χ2n) is 9.96. The Kier molecular flexibility index (Phi) is 7.44. The van der Waals surface area contributed by atoms with Gasteiger partial charge in [-0.15, -0.1) is 0 Å². The highest BCUT2D eigenvalue weighted by molar-refractivity contribution is 6.09. The van der Waals surface area contributed by atoms with Crippen molar-refractivity contribution in [1.82, 2.24) is 5.32 Å². The Labute approximate surface area is 225 Å². The van der Waals surface area contributed by atoms with Gasteiger partial charge in [-0.25, -0.2) is 0 Å². The van der Waals surface area contributed by atoms with Gasteiger partial charge < -0.3 is 15.4 Å². The van der Waals surface area contributed by atoms with Gasteiger partial charge in [-0.3, -0.25) is 9.59 Å². The van der Waals surface area contributed by atoms with Crippen molar-refractivity contribution in [1.29, 1.82) is 0 Å². The number of nitrogens with one attached hydrogen (secondary N) is 2. The van der Waals surface area contributed by atoms with Crippen LogP contribution in [0.4, 0.5) is 32.0 Å². The lowest BCUT2D eigenvalue weighted by Gasteiger charge is -2.35. The number of hydrogen-bond donors (Lipinski definition) is 2. The second kappa shape index (κ2) is 10.4. The number of anilines is 1. The summed E-state index contributed by atoms with van der Waals surface area (Å²) in [4.78, 5) is 25.6. The molecular formula is C29H24F6N2O3. The number of methoxy groups -OCH3 is 1. The lowest BCUT2D eigenvalue weighted by atomic mass is 9.85. The highest BCUT2D eigenvalue weighted by Gasteiger charge is 2.37. The van der Waals surface area contributed by atoms with Gasteiger partial charge in [0, 0.05) is 39.7 Å². The zero-order valence-electron chi connectivity index (χ0n) is 21.6. The Hall–Kier alpha value is -4.28. The minimum absolute atomic E-state index is 0.0531. The van der Waals surface area contributed by atoms with Crippen LogP contribution in [0, 0.1) is 0 Å². The number of allylic oxidation sites excluding steroid dienone is 1. The van der Waals surface area contributed by atoms with Crippen LogP contribution in [-0.2, 0) is 18.8 Å². The molecule has 0 saturated heterocycles. The third-order valence-electron chi connectivity index (χ3n) is 6.27. The predicted octanol–water partition coefficient (Wildman–Crippen LogP) is 7.13. The average molecular weight is 563 g/mol. The number of halogens is 6. The minimum Gasteiger partial charge on any atom is -0.497 e. The van der Waals surface area contributed by atoms with E-state index in [1.165, 1.54) is 30.3 Å². The summed E-state index contributed by atoms with van der Waals surface area (Å²) < 4.78 is 84.1. The predicted molar refractivity (Wildman–Crippen MR) is 137 cm³/mol. The quantitative estimate of drug-likeness (QED) is 0.197. The molecule has 0 aromatic heterocycles. The van der Waals surface area contributed by atoms with E-state index < -0.39 is 35.0 Å². The topological polar surface area (TPSA) is 67.4 Å². The molecule has 0 atom stereocenters. The molecule has 3 aromatic carbocycles. The lowest BCUT2D eigenvalue weighted by molar-refractivity contribution is -0.143. The normalized spacial score (nSPS) is 15.7. The van der Waals surface area contributed by atoms with Crippen molar-refractivity contribution in [3.63, 3.8) is 0 Å². The van der Waals surface area contributed by atoms with Crippen molar-refractivity contribution in [2.45, 2.75) is 38.2 Å². The Morgan fingerprint density at radius 2 is 1.48 bits per heavy atom. The molecule has 40 heavy (non-hydrogen) atoms. The molecule has 1 aliphatic rings. The Bertz CT molecular complexity index is 1460. The van der Waals surface area contributed by atoms with Gasteiger partial charge in [0.25, 0.3) is 5.91 Å². The van der Waals surface area contributed by atoms with Crippen LogP contribution in [0.15, 0.2) is 66.7 Å². The number of rotatable bonds is 5. The molecule has 4 rings (SSSR count). The molecule has 210 valence electrons. The van der Waals surface area contributed by atoms with Gasteiger partial charge in [0.1, 0.15) is 5.75 Å². The van der Waals surface area contributed by atoms with Crippen LogP contribution in [0.25, 0.3) is 5.70 Å². The largest absolute Gasteiger partial charge is 0.497 e. The minimum atomic E-state index is -5.08. The van der Waals surface area contributed by atoms with Gasteiger partial charge in [-0.05, 0) is 80.4 Å². The number of hydrogen-bond acceptors (Lipinski definition) is 4. The van der Waals surface area contributed by atoms with Crippen molar-refractivity contribution in [2.24, 2.45) is 0 Å². The number of carbonyl (C=O) groups excluding carboxylic acids is 2. The Morgan fingerprint density at radius 3 is 2.02 bits per heavy atom. The van der Waals surface area contributed by atoms with E-state index in [9.17, 15) is 35.9 Å². The van der Waals surface area contributed by atoms with Crippen molar-refractivity contribution in [2.75, 3.05) is 12.4 Å². The summed E-state index contributed by atoms with van der Waals surface area (Å²) >= 11 is 0. The first-order valence-electron chi connectivity index (χ1n) is 12.0. The first-order valence-corrected chi connectivity index (χ1v) is 12.0. The van der Waals surface area contributed by atoms with E-state index in [4.69, 9.17) is 4.74 Å². The van der Waals surface area contributed by atoms with Crippen LogP contribution < -0.4 is 15.4 Å². The third kappa shape index (κ3) is 6.47. The van der Waals surface area contributed by atoms with E-state index in [1.807, 2.05) is 32.0 Å². The van der Waals surface area contributed by atoms with Crippen LogP contribution in [0.5, 0.6) is 5.75 Å². The summed E-state index contributed by atoms with van der Waals surface area (Å²) in [7, 11) is 1.54. The van der Waals surface area contributed by atoms with E-state index in [0.717, 1.165) is 17.5 Å². The molecule has 0 radical (unpaired) electrons. The van der Waals surface area contributed by atoms with Gasteiger partial charge in [0.2, 0.25) is 0 Å². The summed E-state index contributed by atoms with van der Waals surface area (Å²) in [5.41, 5.74) is -1.56. The van der Waals surface area contributed by atoms with Crippen LogP contribution in [0.1, 0.15) is 56.8 Å². The van der Waals surface area contributed by atoms with Gasteiger partial charge in [0.05, 0.1) is 18.2 Å².